The predicted octanol–water partition coefficient (Wildman–Crippen LogP) is 4.60. The van der Waals surface area contributed by atoms with Gasteiger partial charge < -0.3 is 23.7 Å². The van der Waals surface area contributed by atoms with E-state index in [9.17, 15) is 0 Å². The van der Waals surface area contributed by atoms with Crippen molar-refractivity contribution < 1.29 is 23.7 Å². The summed E-state index contributed by atoms with van der Waals surface area (Å²) in [6.45, 7) is 8.08. The summed E-state index contributed by atoms with van der Waals surface area (Å²) < 4.78 is 28.9. The van der Waals surface area contributed by atoms with Gasteiger partial charge in [0.15, 0.2) is 17.8 Å². The van der Waals surface area contributed by atoms with Crippen LogP contribution >= 0.6 is 0 Å². The SMILES string of the molecule is COc1ccc(C2OCC(COC3CC(C)CCC3C(C)C)O2)cc1OC. The molecule has 3 rings (SSSR count). The number of methoxy groups -OCH3 is 2. The number of hydrogen-bond donors (Lipinski definition) is 0. The van der Waals surface area contributed by atoms with Crippen molar-refractivity contribution in [2.75, 3.05) is 27.4 Å². The molecular weight excluding hydrogens is 344 g/mol. The second kappa shape index (κ2) is 9.26. The lowest BCUT2D eigenvalue weighted by atomic mass is 9.75. The maximum absolute atomic E-state index is 6.33. The summed E-state index contributed by atoms with van der Waals surface area (Å²) in [4.78, 5) is 0. The Morgan fingerprint density at radius 2 is 1.89 bits per heavy atom. The number of ether oxygens (including phenoxy) is 5. The summed E-state index contributed by atoms with van der Waals surface area (Å²) in [5.74, 6) is 3.42. The van der Waals surface area contributed by atoms with Gasteiger partial charge in [-0.25, -0.2) is 0 Å². The summed E-state index contributed by atoms with van der Waals surface area (Å²) in [5, 5.41) is 0. The van der Waals surface area contributed by atoms with Crippen LogP contribution in [0, 0.1) is 17.8 Å². The molecule has 2 aliphatic rings. The van der Waals surface area contributed by atoms with Crippen LogP contribution in [0.3, 0.4) is 0 Å². The maximum atomic E-state index is 6.33. The fourth-order valence-electron chi connectivity index (χ4n) is 4.25. The summed E-state index contributed by atoms with van der Waals surface area (Å²) in [5.41, 5.74) is 0.932. The molecule has 1 aromatic carbocycles. The first kappa shape index (κ1) is 20.4. The molecule has 0 bridgehead atoms. The van der Waals surface area contributed by atoms with Gasteiger partial charge in [0.2, 0.25) is 0 Å². The van der Waals surface area contributed by atoms with Crippen LogP contribution < -0.4 is 9.47 Å². The Hall–Kier alpha value is -1.30. The van der Waals surface area contributed by atoms with Crippen molar-refractivity contribution in [2.24, 2.45) is 17.8 Å². The highest BCUT2D eigenvalue weighted by Gasteiger charge is 2.34. The van der Waals surface area contributed by atoms with E-state index >= 15 is 0 Å². The summed E-state index contributed by atoms with van der Waals surface area (Å²) >= 11 is 0. The second-order valence-electron chi connectivity index (χ2n) is 8.24. The van der Waals surface area contributed by atoms with E-state index in [1.54, 1.807) is 14.2 Å². The van der Waals surface area contributed by atoms with Crippen LogP contribution in [0.5, 0.6) is 11.5 Å². The molecule has 1 aromatic rings. The van der Waals surface area contributed by atoms with Crippen LogP contribution in [-0.4, -0.2) is 39.6 Å². The fraction of sp³-hybridized carbons (Fsp3) is 0.727. The first-order chi connectivity index (χ1) is 13.0. The lowest BCUT2D eigenvalue weighted by molar-refractivity contribution is -0.0993. The lowest BCUT2D eigenvalue weighted by Crippen LogP contribution is -2.36. The van der Waals surface area contributed by atoms with E-state index < -0.39 is 0 Å². The molecule has 5 heteroatoms. The zero-order chi connectivity index (χ0) is 19.4. The number of benzene rings is 1. The van der Waals surface area contributed by atoms with Gasteiger partial charge in [0.25, 0.3) is 0 Å². The third kappa shape index (κ3) is 4.95. The van der Waals surface area contributed by atoms with E-state index in [1.165, 1.54) is 12.8 Å². The molecule has 2 fully saturated rings. The second-order valence-corrected chi connectivity index (χ2v) is 8.24. The molecule has 5 unspecified atom stereocenters. The number of rotatable bonds is 7. The number of hydrogen-bond acceptors (Lipinski definition) is 5. The highest BCUT2D eigenvalue weighted by atomic mass is 16.7. The maximum Gasteiger partial charge on any atom is 0.184 e. The van der Waals surface area contributed by atoms with Crippen molar-refractivity contribution in [2.45, 2.75) is 58.5 Å². The van der Waals surface area contributed by atoms with Gasteiger partial charge in [-0.05, 0) is 42.7 Å². The first-order valence-electron chi connectivity index (χ1n) is 10.1. The molecule has 1 heterocycles. The average Bonchev–Trinajstić information content (AvgIpc) is 3.14. The molecule has 5 nitrogen and oxygen atoms in total. The van der Waals surface area contributed by atoms with Crippen molar-refractivity contribution in [3.8, 4) is 11.5 Å². The highest BCUT2D eigenvalue weighted by molar-refractivity contribution is 5.43. The quantitative estimate of drug-likeness (QED) is 0.694. The van der Waals surface area contributed by atoms with Crippen LogP contribution in [-0.2, 0) is 14.2 Å². The van der Waals surface area contributed by atoms with Crippen LogP contribution in [0.25, 0.3) is 0 Å². The van der Waals surface area contributed by atoms with Crippen LogP contribution in [0.15, 0.2) is 18.2 Å². The zero-order valence-electron chi connectivity index (χ0n) is 17.3. The van der Waals surface area contributed by atoms with Gasteiger partial charge in [-0.3, -0.25) is 0 Å². The molecule has 0 radical (unpaired) electrons. The molecular formula is C22H34O5. The molecule has 0 aromatic heterocycles. The van der Waals surface area contributed by atoms with Crippen molar-refractivity contribution in [1.29, 1.82) is 0 Å². The zero-order valence-corrected chi connectivity index (χ0v) is 17.3. The van der Waals surface area contributed by atoms with Crippen molar-refractivity contribution in [3.63, 3.8) is 0 Å². The Labute approximate surface area is 163 Å². The summed E-state index contributed by atoms with van der Waals surface area (Å²) in [7, 11) is 3.26. The third-order valence-electron chi connectivity index (χ3n) is 5.89. The Bertz CT molecular complexity index is 602. The van der Waals surface area contributed by atoms with E-state index in [2.05, 4.69) is 20.8 Å². The molecule has 1 saturated carbocycles. The van der Waals surface area contributed by atoms with E-state index in [4.69, 9.17) is 23.7 Å². The van der Waals surface area contributed by atoms with E-state index in [0.29, 0.717) is 42.7 Å². The van der Waals surface area contributed by atoms with E-state index in [1.807, 2.05) is 18.2 Å². The minimum absolute atomic E-state index is 0.0341. The highest BCUT2D eigenvalue weighted by Crippen LogP contribution is 2.37. The summed E-state index contributed by atoms with van der Waals surface area (Å²) in [6, 6.07) is 5.73. The lowest BCUT2D eigenvalue weighted by Gasteiger charge is -2.37. The van der Waals surface area contributed by atoms with Crippen LogP contribution in [0.1, 0.15) is 51.9 Å². The Morgan fingerprint density at radius 3 is 2.59 bits per heavy atom. The minimum Gasteiger partial charge on any atom is -0.493 e. The molecule has 1 aliphatic heterocycles. The van der Waals surface area contributed by atoms with E-state index in [0.717, 1.165) is 17.9 Å². The predicted molar refractivity (Wildman–Crippen MR) is 104 cm³/mol. The van der Waals surface area contributed by atoms with Gasteiger partial charge in [0.05, 0.1) is 33.5 Å². The van der Waals surface area contributed by atoms with Gasteiger partial charge in [0, 0.05) is 5.56 Å². The fourth-order valence-corrected chi connectivity index (χ4v) is 4.25. The first-order valence-corrected chi connectivity index (χ1v) is 10.1. The van der Waals surface area contributed by atoms with Gasteiger partial charge in [-0.1, -0.05) is 33.3 Å². The molecule has 1 aliphatic carbocycles. The van der Waals surface area contributed by atoms with Crippen LogP contribution in [0.2, 0.25) is 0 Å². The Morgan fingerprint density at radius 1 is 1.11 bits per heavy atom. The minimum atomic E-state index is -0.385. The van der Waals surface area contributed by atoms with Crippen molar-refractivity contribution >= 4 is 0 Å². The molecule has 0 amide bonds. The average molecular weight is 379 g/mol. The Balaban J connectivity index is 1.55. The standard InChI is InChI=1S/C22H34O5/c1-14(2)18-8-6-15(3)10-20(18)25-12-17-13-26-22(27-17)16-7-9-19(23-4)21(11-16)24-5/h7,9,11,14-15,17-18,20,22H,6,8,10,12-13H2,1-5H3. The van der Waals surface area contributed by atoms with Gasteiger partial charge in [-0.2, -0.15) is 0 Å². The van der Waals surface area contributed by atoms with Crippen molar-refractivity contribution in [1.82, 2.24) is 0 Å². The van der Waals surface area contributed by atoms with Gasteiger partial charge in [-0.15, -0.1) is 0 Å². The summed E-state index contributed by atoms with van der Waals surface area (Å²) in [6.07, 6.45) is 3.64. The molecule has 0 spiro atoms. The Kier molecular flexibility index (Phi) is 7.01. The van der Waals surface area contributed by atoms with Crippen LogP contribution in [0.4, 0.5) is 0 Å². The molecule has 0 N–H and O–H groups in total. The van der Waals surface area contributed by atoms with Gasteiger partial charge >= 0.3 is 0 Å². The molecule has 5 atom stereocenters. The normalized spacial score (nSPS) is 31.3. The topological polar surface area (TPSA) is 46.2 Å². The van der Waals surface area contributed by atoms with Gasteiger partial charge in [0.1, 0.15) is 6.10 Å². The molecule has 152 valence electrons. The monoisotopic (exact) mass is 378 g/mol. The largest absolute Gasteiger partial charge is 0.493 e. The molecule has 27 heavy (non-hydrogen) atoms. The molecule has 1 saturated heterocycles. The third-order valence-corrected chi connectivity index (χ3v) is 5.89. The smallest absolute Gasteiger partial charge is 0.184 e. The van der Waals surface area contributed by atoms with Crippen molar-refractivity contribution in [3.05, 3.63) is 23.8 Å². The van der Waals surface area contributed by atoms with E-state index in [-0.39, 0.29) is 12.4 Å².